The first kappa shape index (κ1) is 11.8. The zero-order chi connectivity index (χ0) is 9.61. The molecular weight excluding hydrogens is 204 g/mol. The number of halogens is 1. The summed E-state index contributed by atoms with van der Waals surface area (Å²) in [7, 11) is 2.12. The molecule has 0 atom stereocenters. The zero-order valence-corrected chi connectivity index (χ0v) is 7.98. The van der Waals surface area contributed by atoms with Crippen molar-refractivity contribution in [1.29, 1.82) is 0 Å². The Morgan fingerprint density at radius 3 is 2.67 bits per heavy atom. The second kappa shape index (κ2) is 5.42. The molecule has 0 fully saturated rings. The van der Waals surface area contributed by atoms with Crippen LogP contribution in [-0.2, 0) is 9.53 Å². The molecule has 0 saturated carbocycles. The second-order valence-electron chi connectivity index (χ2n) is 2.05. The van der Waals surface area contributed by atoms with Gasteiger partial charge in [0, 0.05) is 17.1 Å². The Bertz CT molecular complexity index is 165. The first-order valence-corrected chi connectivity index (χ1v) is 5.76. The summed E-state index contributed by atoms with van der Waals surface area (Å²) in [5.41, 5.74) is 0. The van der Waals surface area contributed by atoms with E-state index in [9.17, 15) is 4.79 Å². The maximum Gasteiger partial charge on any atom is 0.310 e. The van der Waals surface area contributed by atoms with Crippen molar-refractivity contribution in [3.05, 3.63) is 12.8 Å². The Morgan fingerprint density at radius 1 is 1.67 bits per heavy atom. The van der Waals surface area contributed by atoms with Crippen LogP contribution in [0, 0.1) is 0 Å². The van der Waals surface area contributed by atoms with E-state index in [1.54, 1.807) is 0 Å². The van der Waals surface area contributed by atoms with E-state index in [0.717, 1.165) is 6.26 Å². The summed E-state index contributed by atoms with van der Waals surface area (Å²) >= 11 is 0. The van der Waals surface area contributed by atoms with Gasteiger partial charge in [-0.2, -0.15) is 0 Å². The monoisotopic (exact) mass is 214 g/mol. The van der Waals surface area contributed by atoms with Crippen LogP contribution in [0.15, 0.2) is 12.8 Å². The summed E-state index contributed by atoms with van der Waals surface area (Å²) in [4.78, 5) is 10.6. The van der Waals surface area contributed by atoms with Crippen LogP contribution in [0.2, 0.25) is 0 Å². The molecule has 0 unspecified atom stereocenters. The van der Waals surface area contributed by atoms with Gasteiger partial charge >= 0.3 is 5.97 Å². The fourth-order valence-corrected chi connectivity index (χ4v) is 1.39. The molecule has 0 spiro atoms. The molecule has 0 aromatic carbocycles. The molecule has 0 radical (unpaired) electrons. The molecule has 0 aromatic heterocycles. The minimum absolute atomic E-state index is 0.000792. The molecule has 0 bridgehead atoms. The molecular formula is C6H11ClO4S. The lowest BCUT2D eigenvalue weighted by molar-refractivity contribution is -0.137. The van der Waals surface area contributed by atoms with Crippen molar-refractivity contribution in [3.63, 3.8) is 0 Å². The summed E-state index contributed by atoms with van der Waals surface area (Å²) in [5.74, 6) is -0.453. The van der Waals surface area contributed by atoms with E-state index in [2.05, 4.69) is 11.3 Å². The van der Waals surface area contributed by atoms with Gasteiger partial charge in [0.25, 0.3) is 0 Å². The van der Waals surface area contributed by atoms with Crippen LogP contribution >= 0.6 is 20.5 Å². The lowest BCUT2D eigenvalue weighted by Crippen LogP contribution is -2.02. The number of hydrogen-bond acceptors (Lipinski definition) is 4. The average Bonchev–Trinajstić information content (AvgIpc) is 1.84. The van der Waals surface area contributed by atoms with Gasteiger partial charge in [0.1, 0.15) is 0 Å². The van der Waals surface area contributed by atoms with Crippen LogP contribution in [0.5, 0.6) is 0 Å². The molecule has 0 aliphatic carbocycles. The van der Waals surface area contributed by atoms with E-state index in [1.807, 2.05) is 0 Å². The molecule has 0 aliphatic heterocycles. The average molecular weight is 215 g/mol. The third kappa shape index (κ3) is 7.87. The van der Waals surface area contributed by atoms with Crippen molar-refractivity contribution < 1.29 is 18.6 Å². The van der Waals surface area contributed by atoms with Gasteiger partial charge in [-0.1, -0.05) is 6.58 Å². The van der Waals surface area contributed by atoms with Crippen molar-refractivity contribution in [3.8, 4) is 0 Å². The highest BCUT2D eigenvalue weighted by Crippen LogP contribution is 2.44. The quantitative estimate of drug-likeness (QED) is 0.545. The van der Waals surface area contributed by atoms with Gasteiger partial charge in [0.05, 0.1) is 12.0 Å². The SMILES string of the molecule is C=COC(=O)CCCS(O)(O)Cl. The van der Waals surface area contributed by atoms with Gasteiger partial charge in [-0.25, -0.2) is 0 Å². The van der Waals surface area contributed by atoms with Crippen LogP contribution in [0.25, 0.3) is 0 Å². The predicted molar refractivity (Wildman–Crippen MR) is 49.1 cm³/mol. The third-order valence-electron chi connectivity index (χ3n) is 1.000. The molecule has 0 rings (SSSR count). The van der Waals surface area contributed by atoms with Gasteiger partial charge in [0.15, 0.2) is 0 Å². The maximum atomic E-state index is 10.6. The number of esters is 1. The number of ether oxygens (including phenoxy) is 1. The predicted octanol–water partition coefficient (Wildman–Crippen LogP) is 2.36. The summed E-state index contributed by atoms with van der Waals surface area (Å²) in [6.07, 6.45) is 1.42. The fourth-order valence-electron chi connectivity index (χ4n) is 0.552. The number of rotatable bonds is 5. The fraction of sp³-hybridized carbons (Fsp3) is 0.500. The first-order chi connectivity index (χ1) is 5.45. The Kier molecular flexibility index (Phi) is 5.32. The Morgan fingerprint density at radius 2 is 2.25 bits per heavy atom. The van der Waals surface area contributed by atoms with E-state index in [0.29, 0.717) is 6.42 Å². The van der Waals surface area contributed by atoms with E-state index >= 15 is 0 Å². The van der Waals surface area contributed by atoms with Crippen molar-refractivity contribution >= 4 is 26.5 Å². The highest BCUT2D eigenvalue weighted by molar-refractivity contribution is 8.43. The van der Waals surface area contributed by atoms with Gasteiger partial charge in [-0.15, -0.1) is 9.80 Å². The van der Waals surface area contributed by atoms with Gasteiger partial charge < -0.3 is 4.74 Å². The molecule has 2 N–H and O–H groups in total. The van der Waals surface area contributed by atoms with Crippen LogP contribution in [0.1, 0.15) is 12.8 Å². The van der Waals surface area contributed by atoms with Crippen molar-refractivity contribution in [1.82, 2.24) is 0 Å². The lowest BCUT2D eigenvalue weighted by Gasteiger charge is -2.21. The highest BCUT2D eigenvalue weighted by Gasteiger charge is 2.08. The van der Waals surface area contributed by atoms with Crippen LogP contribution in [-0.4, -0.2) is 20.8 Å². The number of carbonyl (C=O) groups excluding carboxylic acids is 1. The van der Waals surface area contributed by atoms with E-state index < -0.39 is 15.8 Å². The molecule has 0 aromatic rings. The molecule has 72 valence electrons. The first-order valence-electron chi connectivity index (χ1n) is 3.21. The summed E-state index contributed by atoms with van der Waals surface area (Å²) in [6.45, 7) is 3.19. The standard InChI is InChI=1S/C6H11ClO4S/c1-2-11-6(8)4-3-5-12(7,9)10/h2,9-10H,1,3-5H2. The largest absolute Gasteiger partial charge is 0.435 e. The maximum absolute atomic E-state index is 10.6. The summed E-state index contributed by atoms with van der Waals surface area (Å²) < 4.78 is 21.8. The normalized spacial score (nSPS) is 12.2. The second-order valence-corrected chi connectivity index (χ2v) is 5.12. The van der Waals surface area contributed by atoms with Gasteiger partial charge in [-0.05, 0) is 6.42 Å². The zero-order valence-electron chi connectivity index (χ0n) is 6.40. The van der Waals surface area contributed by atoms with Gasteiger partial charge in [-0.3, -0.25) is 13.9 Å². The molecule has 0 amide bonds. The lowest BCUT2D eigenvalue weighted by atomic mass is 10.3. The van der Waals surface area contributed by atoms with E-state index in [-0.39, 0.29) is 12.2 Å². The van der Waals surface area contributed by atoms with Crippen molar-refractivity contribution in [2.75, 3.05) is 5.75 Å². The van der Waals surface area contributed by atoms with E-state index in [4.69, 9.17) is 19.8 Å². The molecule has 0 heterocycles. The third-order valence-corrected chi connectivity index (χ3v) is 2.27. The Hall–Kier alpha value is -0.230. The van der Waals surface area contributed by atoms with Crippen molar-refractivity contribution in [2.45, 2.75) is 12.8 Å². The molecule has 12 heavy (non-hydrogen) atoms. The summed E-state index contributed by atoms with van der Waals surface area (Å²) in [5, 5.41) is 0. The molecule has 0 saturated heterocycles. The Labute approximate surface area is 77.0 Å². The number of hydrogen-bond donors (Lipinski definition) is 2. The minimum Gasteiger partial charge on any atom is -0.435 e. The Balaban J connectivity index is 3.43. The van der Waals surface area contributed by atoms with Crippen molar-refractivity contribution in [2.24, 2.45) is 0 Å². The summed E-state index contributed by atoms with van der Waals surface area (Å²) in [6, 6.07) is 0. The van der Waals surface area contributed by atoms with Crippen LogP contribution in [0.4, 0.5) is 0 Å². The number of carbonyl (C=O) groups is 1. The van der Waals surface area contributed by atoms with Crippen LogP contribution < -0.4 is 0 Å². The molecule has 0 aliphatic rings. The molecule has 6 heteroatoms. The van der Waals surface area contributed by atoms with Crippen LogP contribution in [0.3, 0.4) is 0 Å². The topological polar surface area (TPSA) is 66.8 Å². The minimum atomic E-state index is -3.00. The van der Waals surface area contributed by atoms with E-state index in [1.165, 1.54) is 0 Å². The highest BCUT2D eigenvalue weighted by atomic mass is 35.7. The smallest absolute Gasteiger partial charge is 0.310 e. The molecule has 4 nitrogen and oxygen atoms in total. The van der Waals surface area contributed by atoms with Gasteiger partial charge in [0.2, 0.25) is 0 Å².